The van der Waals surface area contributed by atoms with E-state index in [1.807, 2.05) is 30.3 Å². The zero-order chi connectivity index (χ0) is 14.5. The molecule has 1 atom stereocenters. The number of hydrogen-bond donors (Lipinski definition) is 3. The zero-order valence-electron chi connectivity index (χ0n) is 11.3. The van der Waals surface area contributed by atoms with E-state index in [-0.39, 0.29) is 24.4 Å². The van der Waals surface area contributed by atoms with Crippen molar-refractivity contribution in [2.45, 2.75) is 6.04 Å². The summed E-state index contributed by atoms with van der Waals surface area (Å²) in [5.74, 6) is -0.229. The molecule has 6 heteroatoms. The quantitative estimate of drug-likeness (QED) is 0.756. The highest BCUT2D eigenvalue weighted by atomic mass is 35.5. The minimum absolute atomic E-state index is 0. The Morgan fingerprint density at radius 2 is 1.86 bits per heavy atom. The van der Waals surface area contributed by atoms with Crippen LogP contribution >= 0.6 is 24.0 Å². The molecule has 0 spiro atoms. The van der Waals surface area contributed by atoms with Crippen molar-refractivity contribution in [3.63, 3.8) is 0 Å². The summed E-state index contributed by atoms with van der Waals surface area (Å²) in [6.45, 7) is 0.318. The second kappa shape index (κ2) is 7.88. The summed E-state index contributed by atoms with van der Waals surface area (Å²) in [5.41, 5.74) is 13.2. The Morgan fingerprint density at radius 1 is 1.19 bits per heavy atom. The lowest BCUT2D eigenvalue weighted by atomic mass is 10.1. The lowest BCUT2D eigenvalue weighted by molar-refractivity contribution is 0.0938. The highest BCUT2D eigenvalue weighted by molar-refractivity contribution is 6.33. The maximum atomic E-state index is 12.2. The number of benzene rings is 2. The number of anilines is 1. The van der Waals surface area contributed by atoms with Gasteiger partial charge in [0.05, 0.1) is 16.8 Å². The molecule has 0 fully saturated rings. The zero-order valence-corrected chi connectivity index (χ0v) is 12.8. The van der Waals surface area contributed by atoms with Gasteiger partial charge in [0.15, 0.2) is 0 Å². The van der Waals surface area contributed by atoms with Gasteiger partial charge in [0, 0.05) is 12.1 Å². The van der Waals surface area contributed by atoms with Gasteiger partial charge in [-0.15, -0.1) is 12.4 Å². The van der Waals surface area contributed by atoms with Gasteiger partial charge in [-0.2, -0.15) is 0 Å². The number of nitrogens with one attached hydrogen (secondary N) is 1. The van der Waals surface area contributed by atoms with E-state index in [1.54, 1.807) is 18.2 Å². The second-order valence-electron chi connectivity index (χ2n) is 4.41. The number of carbonyl (C=O) groups is 1. The van der Waals surface area contributed by atoms with Crippen molar-refractivity contribution in [3.05, 3.63) is 64.7 Å². The minimum Gasteiger partial charge on any atom is -0.398 e. The topological polar surface area (TPSA) is 81.1 Å². The number of amides is 1. The van der Waals surface area contributed by atoms with Crippen LogP contribution in [0.3, 0.4) is 0 Å². The van der Waals surface area contributed by atoms with Crippen molar-refractivity contribution in [3.8, 4) is 0 Å². The smallest absolute Gasteiger partial charge is 0.251 e. The largest absolute Gasteiger partial charge is 0.398 e. The van der Waals surface area contributed by atoms with Crippen LogP contribution in [0, 0.1) is 0 Å². The highest BCUT2D eigenvalue weighted by Gasteiger charge is 2.14. The molecule has 0 radical (unpaired) electrons. The van der Waals surface area contributed by atoms with Crippen LogP contribution in [-0.2, 0) is 0 Å². The van der Waals surface area contributed by atoms with Crippen molar-refractivity contribution in [1.29, 1.82) is 0 Å². The molecule has 0 heterocycles. The summed E-state index contributed by atoms with van der Waals surface area (Å²) < 4.78 is 0. The van der Waals surface area contributed by atoms with Gasteiger partial charge in [0.2, 0.25) is 0 Å². The molecular formula is C15H17Cl2N3O. The van der Waals surface area contributed by atoms with Crippen LogP contribution in [0.2, 0.25) is 5.02 Å². The molecule has 0 bridgehead atoms. The lowest BCUT2D eigenvalue weighted by Gasteiger charge is -2.17. The Kier molecular flexibility index (Phi) is 6.49. The molecule has 1 unspecified atom stereocenters. The van der Waals surface area contributed by atoms with Crippen LogP contribution in [0.1, 0.15) is 22.0 Å². The Balaban J connectivity index is 0.00000220. The molecule has 2 rings (SSSR count). The predicted octanol–water partition coefficient (Wildman–Crippen LogP) is 2.77. The third-order valence-electron chi connectivity index (χ3n) is 3.00. The molecule has 5 N–H and O–H groups in total. The van der Waals surface area contributed by atoms with Gasteiger partial charge in [-0.1, -0.05) is 41.9 Å². The number of nitrogens with two attached hydrogens (primary N) is 2. The average molecular weight is 326 g/mol. The van der Waals surface area contributed by atoms with Crippen molar-refractivity contribution in [2.24, 2.45) is 5.73 Å². The molecule has 2 aromatic carbocycles. The van der Waals surface area contributed by atoms with Gasteiger partial charge in [-0.05, 0) is 23.8 Å². The Hall–Kier alpha value is -1.75. The van der Waals surface area contributed by atoms with Crippen molar-refractivity contribution in [1.82, 2.24) is 5.32 Å². The lowest BCUT2D eigenvalue weighted by Crippen LogP contribution is -2.33. The molecule has 1 amide bonds. The first-order chi connectivity index (χ1) is 9.61. The van der Waals surface area contributed by atoms with E-state index in [4.69, 9.17) is 23.1 Å². The minimum atomic E-state index is -0.236. The van der Waals surface area contributed by atoms with E-state index >= 15 is 0 Å². The molecular weight excluding hydrogens is 309 g/mol. The SMILES string of the molecule is Cl.NCC(NC(=O)c1ccc(Cl)c(N)c1)c1ccccc1. The molecule has 4 nitrogen and oxygen atoms in total. The van der Waals surface area contributed by atoms with E-state index in [2.05, 4.69) is 5.32 Å². The third kappa shape index (κ3) is 4.36. The molecule has 0 saturated heterocycles. The number of hydrogen-bond acceptors (Lipinski definition) is 3. The van der Waals surface area contributed by atoms with Gasteiger partial charge >= 0.3 is 0 Å². The second-order valence-corrected chi connectivity index (χ2v) is 4.82. The maximum absolute atomic E-state index is 12.2. The Bertz CT molecular complexity index is 605. The van der Waals surface area contributed by atoms with Gasteiger partial charge in [-0.25, -0.2) is 0 Å². The molecule has 0 aliphatic rings. The standard InChI is InChI=1S/C15H16ClN3O.ClH/c16-12-7-6-11(8-13(12)18)15(20)19-14(9-17)10-4-2-1-3-5-10;/h1-8,14H,9,17-18H2,(H,19,20);1H. The van der Waals surface area contributed by atoms with E-state index in [0.29, 0.717) is 22.8 Å². The van der Waals surface area contributed by atoms with E-state index < -0.39 is 0 Å². The fourth-order valence-electron chi connectivity index (χ4n) is 1.89. The van der Waals surface area contributed by atoms with Crippen LogP contribution in [0.15, 0.2) is 48.5 Å². The molecule has 112 valence electrons. The first kappa shape index (κ1) is 17.3. The Labute approximate surface area is 134 Å². The number of nitrogen functional groups attached to an aromatic ring is 1. The van der Waals surface area contributed by atoms with Crippen LogP contribution in [-0.4, -0.2) is 12.5 Å². The van der Waals surface area contributed by atoms with Crippen LogP contribution in [0.5, 0.6) is 0 Å². The number of carbonyl (C=O) groups excluding carboxylic acids is 1. The Morgan fingerprint density at radius 3 is 2.43 bits per heavy atom. The summed E-state index contributed by atoms with van der Waals surface area (Å²) in [7, 11) is 0. The summed E-state index contributed by atoms with van der Waals surface area (Å²) in [6, 6.07) is 14.1. The van der Waals surface area contributed by atoms with Crippen molar-refractivity contribution >= 4 is 35.6 Å². The van der Waals surface area contributed by atoms with Crippen LogP contribution in [0.25, 0.3) is 0 Å². The van der Waals surface area contributed by atoms with Crippen LogP contribution < -0.4 is 16.8 Å². The van der Waals surface area contributed by atoms with Gasteiger partial charge in [-0.3, -0.25) is 4.79 Å². The third-order valence-corrected chi connectivity index (χ3v) is 3.35. The molecule has 21 heavy (non-hydrogen) atoms. The van der Waals surface area contributed by atoms with Gasteiger partial charge in [0.1, 0.15) is 0 Å². The first-order valence-electron chi connectivity index (χ1n) is 6.22. The van der Waals surface area contributed by atoms with Crippen LogP contribution in [0.4, 0.5) is 5.69 Å². The molecule has 0 aliphatic heterocycles. The molecule has 0 aromatic heterocycles. The molecule has 0 aliphatic carbocycles. The van der Waals surface area contributed by atoms with E-state index in [9.17, 15) is 4.79 Å². The average Bonchev–Trinajstić information content (AvgIpc) is 2.48. The summed E-state index contributed by atoms with van der Waals surface area (Å²) in [6.07, 6.45) is 0. The van der Waals surface area contributed by atoms with E-state index in [1.165, 1.54) is 0 Å². The normalized spacial score (nSPS) is 11.3. The van der Waals surface area contributed by atoms with E-state index in [0.717, 1.165) is 5.56 Å². The van der Waals surface area contributed by atoms with Crippen molar-refractivity contribution in [2.75, 3.05) is 12.3 Å². The maximum Gasteiger partial charge on any atom is 0.251 e. The summed E-state index contributed by atoms with van der Waals surface area (Å²) in [5, 5.41) is 3.31. The number of halogens is 2. The van der Waals surface area contributed by atoms with Gasteiger partial charge < -0.3 is 16.8 Å². The monoisotopic (exact) mass is 325 g/mol. The summed E-state index contributed by atoms with van der Waals surface area (Å²) in [4.78, 5) is 12.2. The van der Waals surface area contributed by atoms with Crippen molar-refractivity contribution < 1.29 is 4.79 Å². The predicted molar refractivity (Wildman–Crippen MR) is 88.8 cm³/mol. The highest BCUT2D eigenvalue weighted by Crippen LogP contribution is 2.20. The fourth-order valence-corrected chi connectivity index (χ4v) is 2.01. The first-order valence-corrected chi connectivity index (χ1v) is 6.60. The summed E-state index contributed by atoms with van der Waals surface area (Å²) >= 11 is 5.84. The molecule has 2 aromatic rings. The molecule has 0 saturated carbocycles. The van der Waals surface area contributed by atoms with Gasteiger partial charge in [0.25, 0.3) is 5.91 Å². The fraction of sp³-hybridized carbons (Fsp3) is 0.133. The number of rotatable bonds is 4.